The maximum Gasteiger partial charge on any atom is 0.307 e. The zero-order chi connectivity index (χ0) is 24.6. The second-order valence-electron chi connectivity index (χ2n) is 7.84. The summed E-state index contributed by atoms with van der Waals surface area (Å²) >= 11 is 0. The molecule has 10 nitrogen and oxygen atoms in total. The molecular formula is C24H21N5O5. The van der Waals surface area contributed by atoms with Crippen LogP contribution in [-0.2, 0) is 22.4 Å². The predicted molar refractivity (Wildman–Crippen MR) is 126 cm³/mol. The number of aromatic hydroxyl groups is 2. The Morgan fingerprint density at radius 2 is 1.62 bits per heavy atom. The summed E-state index contributed by atoms with van der Waals surface area (Å²) in [6.45, 7) is 0. The number of phenolic OH excluding ortho intramolecular Hbond substituents is 2. The fourth-order valence-electron chi connectivity index (χ4n) is 3.77. The molecule has 0 spiro atoms. The van der Waals surface area contributed by atoms with E-state index in [4.69, 9.17) is 16.9 Å². The number of aromatic amines is 1. The Labute approximate surface area is 193 Å². The van der Waals surface area contributed by atoms with Gasteiger partial charge >= 0.3 is 5.97 Å². The fraction of sp³-hybridized carbons (Fsp3) is 0.0833. The van der Waals surface area contributed by atoms with Crippen molar-refractivity contribution in [3.63, 3.8) is 0 Å². The molecule has 3 aromatic carbocycles. The number of nitrogens with one attached hydrogen (secondary N) is 2. The second-order valence-corrected chi connectivity index (χ2v) is 7.84. The summed E-state index contributed by atoms with van der Waals surface area (Å²) in [5, 5.41) is 38.6. The number of aliphatic carboxylic acids is 1. The van der Waals surface area contributed by atoms with Gasteiger partial charge < -0.3 is 31.8 Å². The number of amidine groups is 1. The number of aromatic nitrogens is 2. The molecule has 172 valence electrons. The minimum Gasteiger partial charge on any atom is -0.507 e. The third kappa shape index (κ3) is 4.37. The van der Waals surface area contributed by atoms with Crippen LogP contribution in [0.3, 0.4) is 0 Å². The lowest BCUT2D eigenvalue weighted by atomic mass is 9.94. The number of imidazole rings is 1. The van der Waals surface area contributed by atoms with E-state index in [9.17, 15) is 24.9 Å². The molecule has 0 atom stereocenters. The number of hydrogen-bond donors (Lipinski definition) is 7. The van der Waals surface area contributed by atoms with Crippen molar-refractivity contribution >= 4 is 28.7 Å². The molecule has 4 rings (SSSR count). The van der Waals surface area contributed by atoms with Crippen molar-refractivity contribution in [3.05, 3.63) is 65.2 Å². The van der Waals surface area contributed by atoms with Crippen LogP contribution in [0.25, 0.3) is 33.5 Å². The topological polar surface area (TPSA) is 199 Å². The van der Waals surface area contributed by atoms with E-state index in [1.54, 1.807) is 18.2 Å². The number of rotatable bonds is 7. The first-order valence-electron chi connectivity index (χ1n) is 10.1. The van der Waals surface area contributed by atoms with Crippen LogP contribution in [0.2, 0.25) is 0 Å². The molecule has 34 heavy (non-hydrogen) atoms. The van der Waals surface area contributed by atoms with Crippen LogP contribution >= 0.6 is 0 Å². The van der Waals surface area contributed by atoms with Gasteiger partial charge in [-0.05, 0) is 53.6 Å². The monoisotopic (exact) mass is 459 g/mol. The molecule has 0 bridgehead atoms. The summed E-state index contributed by atoms with van der Waals surface area (Å²) in [6.07, 6.45) is -0.408. The minimum atomic E-state index is -1.08. The van der Waals surface area contributed by atoms with Crippen molar-refractivity contribution < 1.29 is 24.9 Å². The number of fused-ring (bicyclic) bond motifs is 1. The Bertz CT molecular complexity index is 1470. The molecule has 1 amide bonds. The summed E-state index contributed by atoms with van der Waals surface area (Å²) in [4.78, 5) is 30.3. The van der Waals surface area contributed by atoms with Crippen molar-refractivity contribution in [1.29, 1.82) is 5.41 Å². The van der Waals surface area contributed by atoms with Crippen LogP contribution in [0, 0.1) is 5.41 Å². The lowest BCUT2D eigenvalue weighted by Crippen LogP contribution is -2.13. The number of amides is 1. The molecule has 0 saturated heterocycles. The van der Waals surface area contributed by atoms with Gasteiger partial charge in [0.1, 0.15) is 23.2 Å². The number of benzene rings is 3. The molecule has 0 saturated carbocycles. The fourth-order valence-corrected chi connectivity index (χ4v) is 3.77. The predicted octanol–water partition coefficient (Wildman–Crippen LogP) is 2.25. The molecule has 0 radical (unpaired) electrons. The van der Waals surface area contributed by atoms with Gasteiger partial charge in [-0.2, -0.15) is 0 Å². The number of nitrogen functional groups attached to an aromatic ring is 1. The molecule has 1 heterocycles. The standard InChI is InChI=1S/C24H21N5O5/c25-20(31)8-11-1-4-19(30)14(5-11)15-6-12(9-21(32)33)7-16(22(15)34)24-28-17-3-2-13(23(26)27)10-18(17)29-24/h1-7,10,30,34H,8-9H2,(H2,25,31)(H3,26,27)(H,28,29)(H,32,33). The molecule has 1 aromatic heterocycles. The average Bonchev–Trinajstić information content (AvgIpc) is 3.18. The molecule has 0 aliphatic heterocycles. The van der Waals surface area contributed by atoms with Gasteiger partial charge in [-0.15, -0.1) is 0 Å². The summed E-state index contributed by atoms with van der Waals surface area (Å²) in [5.74, 6) is -1.91. The van der Waals surface area contributed by atoms with Crippen LogP contribution in [-0.4, -0.2) is 43.0 Å². The van der Waals surface area contributed by atoms with Gasteiger partial charge in [-0.1, -0.05) is 6.07 Å². The van der Waals surface area contributed by atoms with E-state index in [1.165, 1.54) is 30.3 Å². The SMILES string of the molecule is N=C(N)c1ccc2[nH]c(-c3cc(CC(=O)O)cc(-c4cc(CC(N)=O)ccc4O)c3O)nc2c1. The van der Waals surface area contributed by atoms with Crippen molar-refractivity contribution in [2.45, 2.75) is 12.8 Å². The van der Waals surface area contributed by atoms with Crippen LogP contribution in [0.4, 0.5) is 0 Å². The average molecular weight is 459 g/mol. The first kappa shape index (κ1) is 22.3. The van der Waals surface area contributed by atoms with Gasteiger partial charge in [0.05, 0.1) is 29.4 Å². The highest BCUT2D eigenvalue weighted by Crippen LogP contribution is 2.42. The zero-order valence-corrected chi connectivity index (χ0v) is 17.8. The minimum absolute atomic E-state index is 0.0717. The number of phenols is 2. The van der Waals surface area contributed by atoms with E-state index in [1.807, 2.05) is 0 Å². The van der Waals surface area contributed by atoms with Crippen molar-refractivity contribution in [3.8, 4) is 34.0 Å². The van der Waals surface area contributed by atoms with Gasteiger partial charge in [0.25, 0.3) is 0 Å². The second kappa shape index (κ2) is 8.58. The molecule has 0 aliphatic carbocycles. The smallest absolute Gasteiger partial charge is 0.307 e. The maximum absolute atomic E-state index is 11.4. The van der Waals surface area contributed by atoms with E-state index in [0.717, 1.165) is 0 Å². The Morgan fingerprint density at radius 3 is 2.29 bits per heavy atom. The van der Waals surface area contributed by atoms with E-state index >= 15 is 0 Å². The van der Waals surface area contributed by atoms with E-state index < -0.39 is 11.9 Å². The normalized spacial score (nSPS) is 10.9. The number of primary amides is 1. The Balaban J connectivity index is 1.92. The van der Waals surface area contributed by atoms with Gasteiger partial charge in [0.15, 0.2) is 0 Å². The molecule has 4 aromatic rings. The summed E-state index contributed by atoms with van der Waals surface area (Å²) in [7, 11) is 0. The number of nitrogens with two attached hydrogens (primary N) is 2. The summed E-state index contributed by atoms with van der Waals surface area (Å²) < 4.78 is 0. The summed E-state index contributed by atoms with van der Waals surface area (Å²) in [5.41, 5.74) is 13.9. The number of hydrogen-bond acceptors (Lipinski definition) is 6. The zero-order valence-electron chi connectivity index (χ0n) is 17.8. The lowest BCUT2D eigenvalue weighted by molar-refractivity contribution is -0.136. The third-order valence-electron chi connectivity index (χ3n) is 5.30. The van der Waals surface area contributed by atoms with Gasteiger partial charge in [0, 0.05) is 16.7 Å². The number of carboxylic acid groups (broad SMARTS) is 1. The number of carboxylic acids is 1. The molecule has 0 aliphatic rings. The van der Waals surface area contributed by atoms with E-state index in [2.05, 4.69) is 9.97 Å². The van der Waals surface area contributed by atoms with Gasteiger partial charge in [-0.25, -0.2) is 4.98 Å². The highest BCUT2D eigenvalue weighted by Gasteiger charge is 2.20. The maximum atomic E-state index is 11.4. The van der Waals surface area contributed by atoms with Crippen molar-refractivity contribution in [1.82, 2.24) is 9.97 Å². The van der Waals surface area contributed by atoms with Crippen molar-refractivity contribution in [2.75, 3.05) is 0 Å². The molecule has 10 heteroatoms. The number of carbonyl (C=O) groups is 2. The van der Waals surface area contributed by atoms with Crippen LogP contribution in [0.5, 0.6) is 11.5 Å². The molecule has 0 fully saturated rings. The van der Waals surface area contributed by atoms with Crippen LogP contribution in [0.1, 0.15) is 16.7 Å². The molecular weight excluding hydrogens is 438 g/mol. The quantitative estimate of drug-likeness (QED) is 0.162. The largest absolute Gasteiger partial charge is 0.507 e. The summed E-state index contributed by atoms with van der Waals surface area (Å²) in [6, 6.07) is 12.4. The third-order valence-corrected chi connectivity index (χ3v) is 5.30. The number of nitrogens with zero attached hydrogens (tertiary/aromatic N) is 1. The van der Waals surface area contributed by atoms with Gasteiger partial charge in [0.2, 0.25) is 5.91 Å². The first-order valence-corrected chi connectivity index (χ1v) is 10.1. The Hall–Kier alpha value is -4.86. The highest BCUT2D eigenvalue weighted by atomic mass is 16.4. The van der Waals surface area contributed by atoms with Crippen LogP contribution in [0.15, 0.2) is 48.5 Å². The lowest BCUT2D eigenvalue weighted by Gasteiger charge is -2.14. The Morgan fingerprint density at radius 1 is 0.912 bits per heavy atom. The first-order chi connectivity index (χ1) is 16.1. The molecule has 0 unspecified atom stereocenters. The molecule has 9 N–H and O–H groups in total. The van der Waals surface area contributed by atoms with Crippen LogP contribution < -0.4 is 11.5 Å². The highest BCUT2D eigenvalue weighted by molar-refractivity contribution is 5.98. The van der Waals surface area contributed by atoms with E-state index in [-0.39, 0.29) is 52.7 Å². The van der Waals surface area contributed by atoms with E-state index in [0.29, 0.717) is 27.7 Å². The van der Waals surface area contributed by atoms with Gasteiger partial charge in [-0.3, -0.25) is 15.0 Å². The number of H-pyrrole nitrogens is 1. The number of carbonyl (C=O) groups excluding carboxylic acids is 1. The Kier molecular flexibility index (Phi) is 5.64. The van der Waals surface area contributed by atoms with Crippen molar-refractivity contribution in [2.24, 2.45) is 11.5 Å².